The summed E-state index contributed by atoms with van der Waals surface area (Å²) in [6.07, 6.45) is 2.63. The zero-order valence-corrected chi connectivity index (χ0v) is 17.2. The van der Waals surface area contributed by atoms with Gasteiger partial charge in [0.05, 0.1) is 22.7 Å². The molecule has 0 fully saturated rings. The molecule has 0 aliphatic rings. The summed E-state index contributed by atoms with van der Waals surface area (Å²) in [5.74, 6) is -0.142. The minimum atomic E-state index is -0.463. The molecule has 1 heterocycles. The number of rotatable bonds is 8. The molecule has 3 rings (SSSR count). The minimum absolute atomic E-state index is 0.000699. The van der Waals surface area contributed by atoms with Gasteiger partial charge in [0.15, 0.2) is 0 Å². The number of carbonyl (C=O) groups excluding carboxylic acids is 1. The first-order chi connectivity index (χ1) is 14.3. The molecule has 156 valence electrons. The van der Waals surface area contributed by atoms with Crippen molar-refractivity contribution in [3.8, 4) is 5.69 Å². The van der Waals surface area contributed by atoms with Crippen LogP contribution in [0.5, 0.6) is 0 Å². The van der Waals surface area contributed by atoms with E-state index in [9.17, 15) is 14.9 Å². The first kappa shape index (κ1) is 21.2. The van der Waals surface area contributed by atoms with Crippen molar-refractivity contribution in [2.24, 2.45) is 5.92 Å². The average Bonchev–Trinajstić information content (AvgIpc) is 3.21. The monoisotopic (exact) mass is 408 g/mol. The first-order valence-corrected chi connectivity index (χ1v) is 9.75. The summed E-state index contributed by atoms with van der Waals surface area (Å²) in [6.45, 7) is 6.16. The Morgan fingerprint density at radius 1 is 1.10 bits per heavy atom. The number of hydrogen-bond acceptors (Lipinski definition) is 6. The summed E-state index contributed by atoms with van der Waals surface area (Å²) in [6, 6.07) is 14.0. The van der Waals surface area contributed by atoms with Gasteiger partial charge >= 0.3 is 5.97 Å². The molecule has 3 aromatic rings. The Labute approximate surface area is 174 Å². The molecule has 0 aliphatic carbocycles. The third-order valence-corrected chi connectivity index (χ3v) is 4.71. The Hall–Kier alpha value is -3.55. The van der Waals surface area contributed by atoms with Crippen LogP contribution in [0.2, 0.25) is 0 Å². The van der Waals surface area contributed by atoms with Gasteiger partial charge in [-0.15, -0.1) is 5.10 Å². The second-order valence-corrected chi connectivity index (χ2v) is 7.60. The highest BCUT2D eigenvalue weighted by molar-refractivity contribution is 5.77. The SMILES string of the molecule is CC(C)Cc1ccc(C(C)C(=O)OCc2cn(-c3ccc([N+](=O)[O-])cc3)nn2)cc1. The van der Waals surface area contributed by atoms with Crippen molar-refractivity contribution < 1.29 is 14.5 Å². The van der Waals surface area contributed by atoms with Crippen molar-refractivity contribution in [1.29, 1.82) is 0 Å². The number of nitro groups is 1. The lowest BCUT2D eigenvalue weighted by Crippen LogP contribution is -2.13. The molecule has 0 radical (unpaired) electrons. The van der Waals surface area contributed by atoms with Gasteiger partial charge in [-0.05, 0) is 42.5 Å². The smallest absolute Gasteiger partial charge is 0.313 e. The van der Waals surface area contributed by atoms with Crippen molar-refractivity contribution >= 4 is 11.7 Å². The number of carbonyl (C=O) groups is 1. The predicted molar refractivity (Wildman–Crippen MR) is 111 cm³/mol. The molecule has 8 nitrogen and oxygen atoms in total. The maximum atomic E-state index is 12.4. The Morgan fingerprint density at radius 3 is 2.37 bits per heavy atom. The Bertz CT molecular complexity index is 1010. The van der Waals surface area contributed by atoms with Gasteiger partial charge in [-0.25, -0.2) is 4.68 Å². The molecule has 0 bridgehead atoms. The van der Waals surface area contributed by atoms with E-state index in [1.54, 1.807) is 18.3 Å². The Balaban J connectivity index is 1.57. The van der Waals surface area contributed by atoms with Crippen LogP contribution in [-0.2, 0) is 22.6 Å². The van der Waals surface area contributed by atoms with Crippen LogP contribution in [0.25, 0.3) is 5.69 Å². The molecular formula is C22H24N4O4. The number of esters is 1. The fourth-order valence-corrected chi connectivity index (χ4v) is 3.04. The van der Waals surface area contributed by atoms with Crippen molar-refractivity contribution in [3.63, 3.8) is 0 Å². The van der Waals surface area contributed by atoms with E-state index in [-0.39, 0.29) is 24.2 Å². The molecule has 8 heteroatoms. The molecule has 0 saturated heterocycles. The summed E-state index contributed by atoms with van der Waals surface area (Å²) in [5, 5.41) is 18.7. The Morgan fingerprint density at radius 2 is 1.77 bits per heavy atom. The predicted octanol–water partition coefficient (Wildman–Crippen LogP) is 4.22. The number of nitro benzene ring substituents is 1. The van der Waals surface area contributed by atoms with Crippen LogP contribution in [0.1, 0.15) is 43.5 Å². The minimum Gasteiger partial charge on any atom is -0.459 e. The molecule has 2 aromatic carbocycles. The van der Waals surface area contributed by atoms with Gasteiger partial charge in [0.1, 0.15) is 12.3 Å². The van der Waals surface area contributed by atoms with E-state index in [1.807, 2.05) is 19.1 Å². The second kappa shape index (κ2) is 9.30. The van der Waals surface area contributed by atoms with E-state index in [1.165, 1.54) is 22.4 Å². The summed E-state index contributed by atoms with van der Waals surface area (Å²) in [5.41, 5.74) is 3.26. The number of aromatic nitrogens is 3. The topological polar surface area (TPSA) is 100 Å². The first-order valence-electron chi connectivity index (χ1n) is 9.75. The van der Waals surface area contributed by atoms with Gasteiger partial charge < -0.3 is 4.74 Å². The third-order valence-electron chi connectivity index (χ3n) is 4.71. The van der Waals surface area contributed by atoms with E-state index in [0.29, 0.717) is 17.3 Å². The van der Waals surface area contributed by atoms with Crippen LogP contribution < -0.4 is 0 Å². The van der Waals surface area contributed by atoms with Gasteiger partial charge in [-0.3, -0.25) is 14.9 Å². The lowest BCUT2D eigenvalue weighted by molar-refractivity contribution is -0.384. The molecule has 0 spiro atoms. The lowest BCUT2D eigenvalue weighted by Gasteiger charge is -2.12. The maximum Gasteiger partial charge on any atom is 0.313 e. The van der Waals surface area contributed by atoms with Crippen molar-refractivity contribution in [3.05, 3.63) is 81.7 Å². The zero-order valence-electron chi connectivity index (χ0n) is 17.2. The van der Waals surface area contributed by atoms with Crippen LogP contribution in [0.15, 0.2) is 54.7 Å². The largest absolute Gasteiger partial charge is 0.459 e. The standard InChI is InChI=1S/C22H24N4O4/c1-15(2)12-17-4-6-18(7-5-17)16(3)22(27)30-14-19-13-25(24-23-19)20-8-10-21(11-9-20)26(28)29/h4-11,13,15-16H,12,14H2,1-3H3. The number of benzene rings is 2. The fourth-order valence-electron chi connectivity index (χ4n) is 3.04. The second-order valence-electron chi connectivity index (χ2n) is 7.60. The highest BCUT2D eigenvalue weighted by Gasteiger charge is 2.18. The molecule has 1 aromatic heterocycles. The van der Waals surface area contributed by atoms with E-state index < -0.39 is 4.92 Å². The zero-order chi connectivity index (χ0) is 21.7. The summed E-state index contributed by atoms with van der Waals surface area (Å²) in [4.78, 5) is 22.7. The quantitative estimate of drug-likeness (QED) is 0.314. The lowest BCUT2D eigenvalue weighted by atomic mass is 9.97. The van der Waals surface area contributed by atoms with E-state index in [4.69, 9.17) is 4.74 Å². The summed E-state index contributed by atoms with van der Waals surface area (Å²) in [7, 11) is 0. The van der Waals surface area contributed by atoms with Crippen LogP contribution in [0.4, 0.5) is 5.69 Å². The number of hydrogen-bond donors (Lipinski definition) is 0. The van der Waals surface area contributed by atoms with Crippen LogP contribution >= 0.6 is 0 Å². The van der Waals surface area contributed by atoms with E-state index in [2.05, 4.69) is 36.3 Å². The van der Waals surface area contributed by atoms with Crippen LogP contribution in [0.3, 0.4) is 0 Å². The van der Waals surface area contributed by atoms with Crippen molar-refractivity contribution in [1.82, 2.24) is 15.0 Å². The number of nitrogens with zero attached hydrogens (tertiary/aromatic N) is 4. The average molecular weight is 408 g/mol. The summed E-state index contributed by atoms with van der Waals surface area (Å²) >= 11 is 0. The van der Waals surface area contributed by atoms with Gasteiger partial charge in [-0.1, -0.05) is 43.3 Å². The van der Waals surface area contributed by atoms with Gasteiger partial charge in [-0.2, -0.15) is 0 Å². The fraction of sp³-hybridized carbons (Fsp3) is 0.318. The van der Waals surface area contributed by atoms with Crippen LogP contribution in [0, 0.1) is 16.0 Å². The molecule has 0 amide bonds. The molecule has 0 saturated carbocycles. The normalized spacial score (nSPS) is 12.0. The molecule has 0 aliphatic heterocycles. The molecule has 0 N–H and O–H groups in total. The van der Waals surface area contributed by atoms with Crippen LogP contribution in [-0.4, -0.2) is 25.9 Å². The highest BCUT2D eigenvalue weighted by Crippen LogP contribution is 2.20. The van der Waals surface area contributed by atoms with Gasteiger partial charge in [0, 0.05) is 12.1 Å². The Kier molecular flexibility index (Phi) is 6.56. The third kappa shape index (κ3) is 5.28. The van der Waals surface area contributed by atoms with Crippen molar-refractivity contribution in [2.75, 3.05) is 0 Å². The molecule has 1 atom stereocenters. The van der Waals surface area contributed by atoms with Gasteiger partial charge in [0.2, 0.25) is 0 Å². The number of non-ortho nitro benzene ring substituents is 1. The van der Waals surface area contributed by atoms with E-state index in [0.717, 1.165) is 12.0 Å². The van der Waals surface area contributed by atoms with Crippen molar-refractivity contribution in [2.45, 2.75) is 39.7 Å². The molecule has 30 heavy (non-hydrogen) atoms. The number of ether oxygens (including phenoxy) is 1. The highest BCUT2D eigenvalue weighted by atomic mass is 16.6. The van der Waals surface area contributed by atoms with E-state index >= 15 is 0 Å². The molecular weight excluding hydrogens is 384 g/mol. The molecule has 1 unspecified atom stereocenters. The maximum absolute atomic E-state index is 12.4. The van der Waals surface area contributed by atoms with Gasteiger partial charge in [0.25, 0.3) is 5.69 Å². The summed E-state index contributed by atoms with van der Waals surface area (Å²) < 4.78 is 6.87.